The summed E-state index contributed by atoms with van der Waals surface area (Å²) in [6, 6.07) is 21.2. The summed E-state index contributed by atoms with van der Waals surface area (Å²) in [6.07, 6.45) is 1.65. The molecule has 166 valence electrons. The van der Waals surface area contributed by atoms with Gasteiger partial charge in [-0.05, 0) is 52.9 Å². The van der Waals surface area contributed by atoms with Gasteiger partial charge in [-0.3, -0.25) is 10.1 Å². The van der Waals surface area contributed by atoms with Crippen molar-refractivity contribution < 1.29 is 19.2 Å². The second kappa shape index (κ2) is 9.48. The van der Waals surface area contributed by atoms with Gasteiger partial charge >= 0.3 is 5.97 Å². The molecule has 0 fully saturated rings. The van der Waals surface area contributed by atoms with Crippen LogP contribution in [0.4, 0.5) is 5.69 Å². The zero-order valence-electron chi connectivity index (χ0n) is 18.2. The van der Waals surface area contributed by atoms with E-state index in [1.807, 2.05) is 24.3 Å². The van der Waals surface area contributed by atoms with Crippen molar-refractivity contribution in [3.05, 3.63) is 111 Å². The number of benzene rings is 3. The third kappa shape index (κ3) is 5.33. The molecule has 1 aliphatic heterocycles. The lowest BCUT2D eigenvalue weighted by Gasteiger charge is -2.06. The van der Waals surface area contributed by atoms with Gasteiger partial charge in [0.2, 0.25) is 5.90 Å². The Labute approximate surface area is 191 Å². The van der Waals surface area contributed by atoms with Crippen LogP contribution in [0.25, 0.3) is 6.08 Å². The van der Waals surface area contributed by atoms with Gasteiger partial charge in [0.25, 0.3) is 5.69 Å². The fourth-order valence-electron chi connectivity index (χ4n) is 3.29. The summed E-state index contributed by atoms with van der Waals surface area (Å²) in [4.78, 5) is 27.1. The molecule has 33 heavy (non-hydrogen) atoms. The fraction of sp³-hybridized carbons (Fsp3) is 0.154. The summed E-state index contributed by atoms with van der Waals surface area (Å²) in [5, 5.41) is 10.9. The number of nitrogens with zero attached hydrogens (tertiary/aromatic N) is 2. The number of aliphatic imine (C=N–C) groups is 1. The number of nitro benzene ring substituents is 1. The van der Waals surface area contributed by atoms with Crippen molar-refractivity contribution in [3.8, 4) is 5.75 Å². The number of esters is 1. The molecule has 0 saturated carbocycles. The molecule has 1 heterocycles. The highest BCUT2D eigenvalue weighted by Crippen LogP contribution is 2.23. The lowest BCUT2D eigenvalue weighted by molar-refractivity contribution is -0.384. The summed E-state index contributed by atoms with van der Waals surface area (Å²) in [5.41, 5.74) is 3.67. The second-order valence-electron chi connectivity index (χ2n) is 7.90. The first-order chi connectivity index (χ1) is 15.9. The Kier molecular flexibility index (Phi) is 6.31. The minimum atomic E-state index is -0.496. The van der Waals surface area contributed by atoms with E-state index in [0.717, 1.165) is 11.1 Å². The van der Waals surface area contributed by atoms with Gasteiger partial charge in [-0.1, -0.05) is 50.2 Å². The van der Waals surface area contributed by atoms with Gasteiger partial charge in [-0.2, -0.15) is 0 Å². The van der Waals surface area contributed by atoms with Gasteiger partial charge in [0.05, 0.1) is 4.92 Å². The smallest absolute Gasteiger partial charge is 0.363 e. The molecule has 1 aliphatic rings. The summed E-state index contributed by atoms with van der Waals surface area (Å²) in [6.45, 7) is 4.44. The minimum Gasteiger partial charge on any atom is -0.489 e. The molecule has 7 nitrogen and oxygen atoms in total. The number of non-ortho nitro benzene ring substituents is 1. The molecule has 7 heteroatoms. The zero-order valence-corrected chi connectivity index (χ0v) is 18.2. The molecule has 0 aliphatic carbocycles. The van der Waals surface area contributed by atoms with E-state index in [4.69, 9.17) is 9.47 Å². The van der Waals surface area contributed by atoms with Gasteiger partial charge in [-0.25, -0.2) is 9.79 Å². The molecular formula is C26H22N2O5. The van der Waals surface area contributed by atoms with Crippen molar-refractivity contribution in [3.63, 3.8) is 0 Å². The first-order valence-corrected chi connectivity index (χ1v) is 10.5. The molecule has 0 N–H and O–H groups in total. The highest BCUT2D eigenvalue weighted by molar-refractivity contribution is 6.12. The van der Waals surface area contributed by atoms with Crippen molar-refractivity contribution in [2.45, 2.75) is 26.4 Å². The van der Waals surface area contributed by atoms with E-state index in [0.29, 0.717) is 23.1 Å². The number of ether oxygens (including phenoxy) is 2. The molecule has 0 amide bonds. The molecule has 3 aromatic rings. The number of nitro groups is 1. The Bertz CT molecular complexity index is 1240. The molecule has 0 aromatic heterocycles. The van der Waals surface area contributed by atoms with Gasteiger partial charge < -0.3 is 9.47 Å². The monoisotopic (exact) mass is 442 g/mol. The second-order valence-corrected chi connectivity index (χ2v) is 7.90. The Morgan fingerprint density at radius 1 is 1.06 bits per heavy atom. The van der Waals surface area contributed by atoms with Crippen molar-refractivity contribution in [1.29, 1.82) is 0 Å². The number of rotatable bonds is 7. The molecule has 0 spiro atoms. The van der Waals surface area contributed by atoms with Crippen LogP contribution < -0.4 is 4.74 Å². The first kappa shape index (κ1) is 22.0. The predicted octanol–water partition coefficient (Wildman–Crippen LogP) is 5.64. The van der Waals surface area contributed by atoms with E-state index in [9.17, 15) is 14.9 Å². The van der Waals surface area contributed by atoms with Crippen molar-refractivity contribution in [1.82, 2.24) is 0 Å². The maximum atomic E-state index is 12.3. The van der Waals surface area contributed by atoms with Crippen LogP contribution in [0.3, 0.4) is 0 Å². The van der Waals surface area contributed by atoms with Crippen LogP contribution >= 0.6 is 0 Å². The molecule has 3 aromatic carbocycles. The molecule has 0 atom stereocenters. The molecule has 0 saturated heterocycles. The molecule has 0 radical (unpaired) electrons. The molecule has 0 bridgehead atoms. The third-order valence-corrected chi connectivity index (χ3v) is 5.16. The van der Waals surface area contributed by atoms with Crippen LogP contribution in [-0.2, 0) is 16.1 Å². The largest absolute Gasteiger partial charge is 0.489 e. The van der Waals surface area contributed by atoms with Crippen LogP contribution in [0.5, 0.6) is 5.75 Å². The lowest BCUT2D eigenvalue weighted by Crippen LogP contribution is -2.05. The normalized spacial score (nSPS) is 14.3. The molecular weight excluding hydrogens is 420 g/mol. The first-order valence-electron chi connectivity index (χ1n) is 10.5. The molecule has 4 rings (SSSR count). The summed E-state index contributed by atoms with van der Waals surface area (Å²) < 4.78 is 11.1. The topological polar surface area (TPSA) is 91.0 Å². The Morgan fingerprint density at radius 3 is 2.45 bits per heavy atom. The van der Waals surface area contributed by atoms with E-state index in [1.165, 1.54) is 17.7 Å². The number of hydrogen-bond acceptors (Lipinski definition) is 6. The summed E-state index contributed by atoms with van der Waals surface area (Å²) in [7, 11) is 0. The highest BCUT2D eigenvalue weighted by Gasteiger charge is 2.24. The molecule has 0 unspecified atom stereocenters. The van der Waals surface area contributed by atoms with Crippen LogP contribution in [0.1, 0.15) is 42.0 Å². The number of carbonyl (C=O) groups excluding carboxylic acids is 1. The minimum absolute atomic E-state index is 0.0253. The lowest BCUT2D eigenvalue weighted by atomic mass is 10.0. The van der Waals surface area contributed by atoms with Crippen LogP contribution in [0, 0.1) is 10.1 Å². The van der Waals surface area contributed by atoms with E-state index < -0.39 is 10.9 Å². The average Bonchev–Trinajstić information content (AvgIpc) is 3.19. The maximum Gasteiger partial charge on any atom is 0.363 e. The van der Waals surface area contributed by atoms with Crippen molar-refractivity contribution >= 4 is 23.6 Å². The van der Waals surface area contributed by atoms with Gasteiger partial charge in [0, 0.05) is 17.7 Å². The number of cyclic esters (lactones) is 1. The van der Waals surface area contributed by atoms with Gasteiger partial charge in [0.15, 0.2) is 5.70 Å². The number of carbonyl (C=O) groups is 1. The maximum absolute atomic E-state index is 12.3. The van der Waals surface area contributed by atoms with E-state index in [2.05, 4.69) is 18.8 Å². The summed E-state index contributed by atoms with van der Waals surface area (Å²) in [5.74, 6) is 0.815. The Hall–Kier alpha value is -4.26. The van der Waals surface area contributed by atoms with E-state index in [-0.39, 0.29) is 18.0 Å². The van der Waals surface area contributed by atoms with E-state index >= 15 is 0 Å². The fourth-order valence-corrected chi connectivity index (χ4v) is 3.29. The Balaban J connectivity index is 1.43. The quantitative estimate of drug-likeness (QED) is 0.204. The van der Waals surface area contributed by atoms with Crippen LogP contribution in [0.2, 0.25) is 0 Å². The highest BCUT2D eigenvalue weighted by atomic mass is 16.6. The van der Waals surface area contributed by atoms with Crippen LogP contribution in [-0.4, -0.2) is 16.8 Å². The standard InChI is InChI=1S/C26H22N2O5/c1-17(2)20-8-10-21(11-9-20)25-27-24(26(29)33-25)15-18-6-12-23(13-7-18)32-16-19-4-3-5-22(14-19)28(30)31/h3-15,17H,16H2,1-2H3/b24-15-. The van der Waals surface area contributed by atoms with Gasteiger partial charge in [-0.15, -0.1) is 0 Å². The van der Waals surface area contributed by atoms with Crippen molar-refractivity contribution in [2.24, 2.45) is 4.99 Å². The SMILES string of the molecule is CC(C)c1ccc(C2=N/C(=C\c3ccc(OCc4cccc([N+](=O)[O-])c4)cc3)C(=O)O2)cc1. The van der Waals surface area contributed by atoms with Gasteiger partial charge in [0.1, 0.15) is 12.4 Å². The Morgan fingerprint density at radius 2 is 1.79 bits per heavy atom. The zero-order chi connectivity index (χ0) is 23.4. The van der Waals surface area contributed by atoms with E-state index in [1.54, 1.807) is 42.5 Å². The predicted molar refractivity (Wildman–Crippen MR) is 125 cm³/mol. The summed E-state index contributed by atoms with van der Waals surface area (Å²) >= 11 is 0. The van der Waals surface area contributed by atoms with Crippen molar-refractivity contribution in [2.75, 3.05) is 0 Å². The van der Waals surface area contributed by atoms with Crippen LogP contribution in [0.15, 0.2) is 83.5 Å². The average molecular weight is 442 g/mol. The third-order valence-electron chi connectivity index (χ3n) is 5.16. The number of hydrogen-bond donors (Lipinski definition) is 0.